The van der Waals surface area contributed by atoms with Crippen LogP contribution in [0.15, 0.2) is 48.5 Å². The lowest BCUT2D eigenvalue weighted by Crippen LogP contribution is -2.10. The first-order valence-electron chi connectivity index (χ1n) is 6.90. The van der Waals surface area contributed by atoms with Gasteiger partial charge in [-0.05, 0) is 36.6 Å². The summed E-state index contributed by atoms with van der Waals surface area (Å²) in [5.41, 5.74) is 0.310. The van der Waals surface area contributed by atoms with Crippen molar-refractivity contribution >= 4 is 5.69 Å². The van der Waals surface area contributed by atoms with Crippen LogP contribution in [0.25, 0.3) is 0 Å². The van der Waals surface area contributed by atoms with Crippen molar-refractivity contribution in [2.24, 2.45) is 0 Å². The zero-order valence-corrected chi connectivity index (χ0v) is 11.8. The molecule has 1 N–H and O–H groups in total. The monoisotopic (exact) mass is 304 g/mol. The first-order chi connectivity index (χ1) is 10.5. The number of benzene rings is 2. The number of rotatable bonds is 5. The SMILES string of the molecule is N#Cc1ccc(NCCCc2ccccc2)cc1C(F)(F)F. The van der Waals surface area contributed by atoms with E-state index in [0.717, 1.165) is 18.9 Å². The quantitative estimate of drug-likeness (QED) is 0.818. The highest BCUT2D eigenvalue weighted by Crippen LogP contribution is 2.33. The standard InChI is InChI=1S/C17H15F3N2/c18-17(19,20)16-11-15(9-8-14(16)12-21)22-10-4-7-13-5-2-1-3-6-13/h1-3,5-6,8-9,11,22H,4,7,10H2. The number of hydrogen-bond donors (Lipinski definition) is 1. The molecule has 0 saturated heterocycles. The van der Waals surface area contributed by atoms with Crippen LogP contribution in [0.5, 0.6) is 0 Å². The minimum Gasteiger partial charge on any atom is -0.385 e. The molecule has 0 unspecified atom stereocenters. The molecule has 2 aromatic carbocycles. The van der Waals surface area contributed by atoms with Gasteiger partial charge in [0.1, 0.15) is 0 Å². The fourth-order valence-corrected chi connectivity index (χ4v) is 2.16. The second-order valence-electron chi connectivity index (χ2n) is 4.89. The molecule has 0 spiro atoms. The Balaban J connectivity index is 1.95. The van der Waals surface area contributed by atoms with E-state index >= 15 is 0 Å². The van der Waals surface area contributed by atoms with E-state index < -0.39 is 11.7 Å². The molecular formula is C17H15F3N2. The molecule has 114 valence electrons. The topological polar surface area (TPSA) is 35.8 Å². The van der Waals surface area contributed by atoms with E-state index in [4.69, 9.17) is 5.26 Å². The molecule has 2 aromatic rings. The van der Waals surface area contributed by atoms with Crippen LogP contribution in [0.1, 0.15) is 23.1 Å². The van der Waals surface area contributed by atoms with Crippen LogP contribution in [0, 0.1) is 11.3 Å². The Kier molecular flexibility index (Phi) is 5.05. The van der Waals surface area contributed by atoms with Gasteiger partial charge >= 0.3 is 6.18 Å². The summed E-state index contributed by atoms with van der Waals surface area (Å²) in [5, 5.41) is 11.7. The van der Waals surface area contributed by atoms with E-state index in [1.165, 1.54) is 17.7 Å². The largest absolute Gasteiger partial charge is 0.417 e. The molecule has 0 heterocycles. The van der Waals surface area contributed by atoms with Crippen LogP contribution in [-0.4, -0.2) is 6.54 Å². The lowest BCUT2D eigenvalue weighted by molar-refractivity contribution is -0.137. The van der Waals surface area contributed by atoms with Gasteiger partial charge in [-0.15, -0.1) is 0 Å². The highest BCUT2D eigenvalue weighted by atomic mass is 19.4. The van der Waals surface area contributed by atoms with Crippen molar-refractivity contribution < 1.29 is 13.2 Å². The van der Waals surface area contributed by atoms with Crippen molar-refractivity contribution in [3.63, 3.8) is 0 Å². The summed E-state index contributed by atoms with van der Waals surface area (Å²) in [4.78, 5) is 0. The molecular weight excluding hydrogens is 289 g/mol. The number of anilines is 1. The van der Waals surface area contributed by atoms with E-state index in [1.807, 2.05) is 30.3 Å². The fourth-order valence-electron chi connectivity index (χ4n) is 2.16. The Hall–Kier alpha value is -2.48. The van der Waals surface area contributed by atoms with Gasteiger partial charge in [0.15, 0.2) is 0 Å². The summed E-state index contributed by atoms with van der Waals surface area (Å²) in [6.45, 7) is 0.568. The van der Waals surface area contributed by atoms with Crippen LogP contribution in [0.3, 0.4) is 0 Å². The Labute approximate surface area is 127 Å². The van der Waals surface area contributed by atoms with Crippen LogP contribution in [0.2, 0.25) is 0 Å². The number of alkyl halides is 3. The van der Waals surface area contributed by atoms with E-state index in [0.29, 0.717) is 12.2 Å². The average Bonchev–Trinajstić information content (AvgIpc) is 2.51. The molecule has 0 saturated carbocycles. The van der Waals surface area contributed by atoms with Gasteiger partial charge in [-0.3, -0.25) is 0 Å². The Morgan fingerprint density at radius 1 is 1.05 bits per heavy atom. The van der Waals surface area contributed by atoms with Crippen LogP contribution < -0.4 is 5.32 Å². The molecule has 0 bridgehead atoms. The highest BCUT2D eigenvalue weighted by molar-refractivity contribution is 5.53. The Morgan fingerprint density at radius 2 is 1.77 bits per heavy atom. The van der Waals surface area contributed by atoms with Gasteiger partial charge in [-0.25, -0.2) is 0 Å². The maximum atomic E-state index is 12.8. The molecule has 0 aromatic heterocycles. The zero-order chi connectivity index (χ0) is 16.0. The molecule has 0 aliphatic heterocycles. The van der Waals surface area contributed by atoms with Gasteiger partial charge < -0.3 is 5.32 Å². The lowest BCUT2D eigenvalue weighted by Gasteiger charge is -2.12. The number of halogens is 3. The molecule has 0 aliphatic carbocycles. The van der Waals surface area contributed by atoms with E-state index in [1.54, 1.807) is 6.07 Å². The predicted molar refractivity (Wildman–Crippen MR) is 79.4 cm³/mol. The third-order valence-corrected chi connectivity index (χ3v) is 3.26. The predicted octanol–water partition coefficient (Wildman–Crippen LogP) is 4.62. The second-order valence-corrected chi connectivity index (χ2v) is 4.89. The molecule has 5 heteroatoms. The second kappa shape index (κ2) is 6.99. The summed E-state index contributed by atoms with van der Waals surface area (Å²) in [6.07, 6.45) is -2.85. The van der Waals surface area contributed by atoms with Gasteiger partial charge in [-0.1, -0.05) is 30.3 Å². The minimum atomic E-state index is -4.52. The summed E-state index contributed by atoms with van der Waals surface area (Å²) in [5.74, 6) is 0. The summed E-state index contributed by atoms with van der Waals surface area (Å²) in [7, 11) is 0. The smallest absolute Gasteiger partial charge is 0.385 e. The molecule has 0 fully saturated rings. The van der Waals surface area contributed by atoms with Crippen molar-refractivity contribution in [3.8, 4) is 6.07 Å². The van der Waals surface area contributed by atoms with Crippen LogP contribution >= 0.6 is 0 Å². The fraction of sp³-hybridized carbons (Fsp3) is 0.235. The van der Waals surface area contributed by atoms with Crippen molar-refractivity contribution in [3.05, 3.63) is 65.2 Å². The van der Waals surface area contributed by atoms with Gasteiger partial charge in [0.05, 0.1) is 17.2 Å². The van der Waals surface area contributed by atoms with E-state index in [9.17, 15) is 13.2 Å². The highest BCUT2D eigenvalue weighted by Gasteiger charge is 2.33. The molecule has 0 amide bonds. The molecule has 22 heavy (non-hydrogen) atoms. The van der Waals surface area contributed by atoms with Crippen LogP contribution in [0.4, 0.5) is 18.9 Å². The molecule has 0 atom stereocenters. The summed E-state index contributed by atoms with van der Waals surface area (Å²) >= 11 is 0. The molecule has 0 radical (unpaired) electrons. The van der Waals surface area contributed by atoms with Crippen molar-refractivity contribution in [1.29, 1.82) is 5.26 Å². The molecule has 2 nitrogen and oxygen atoms in total. The molecule has 2 rings (SSSR count). The lowest BCUT2D eigenvalue weighted by atomic mass is 10.1. The first kappa shape index (κ1) is 15.9. The number of hydrogen-bond acceptors (Lipinski definition) is 2. The van der Waals surface area contributed by atoms with E-state index in [-0.39, 0.29) is 5.56 Å². The van der Waals surface area contributed by atoms with Gasteiger partial charge in [0.25, 0.3) is 0 Å². The number of aryl methyl sites for hydroxylation is 1. The Morgan fingerprint density at radius 3 is 2.41 bits per heavy atom. The summed E-state index contributed by atoms with van der Waals surface area (Å²) < 4.78 is 38.5. The van der Waals surface area contributed by atoms with Gasteiger partial charge in [-0.2, -0.15) is 18.4 Å². The normalized spacial score (nSPS) is 11.0. The first-order valence-corrected chi connectivity index (χ1v) is 6.90. The van der Waals surface area contributed by atoms with Gasteiger partial charge in [0, 0.05) is 12.2 Å². The minimum absolute atomic E-state index is 0.359. The van der Waals surface area contributed by atoms with Gasteiger partial charge in [0.2, 0.25) is 0 Å². The Bertz CT molecular complexity index is 658. The number of nitrogens with one attached hydrogen (secondary N) is 1. The van der Waals surface area contributed by atoms with Crippen molar-refractivity contribution in [2.75, 3.05) is 11.9 Å². The molecule has 0 aliphatic rings. The van der Waals surface area contributed by atoms with Crippen molar-refractivity contribution in [1.82, 2.24) is 0 Å². The maximum Gasteiger partial charge on any atom is 0.417 e. The maximum absolute atomic E-state index is 12.8. The third kappa shape index (κ3) is 4.26. The summed E-state index contributed by atoms with van der Waals surface area (Å²) in [6, 6.07) is 15.1. The van der Waals surface area contributed by atoms with E-state index in [2.05, 4.69) is 5.32 Å². The number of nitriles is 1. The van der Waals surface area contributed by atoms with Crippen molar-refractivity contribution in [2.45, 2.75) is 19.0 Å². The zero-order valence-electron chi connectivity index (χ0n) is 11.8. The number of nitrogens with zero attached hydrogens (tertiary/aromatic N) is 1. The average molecular weight is 304 g/mol. The van der Waals surface area contributed by atoms with Crippen LogP contribution in [-0.2, 0) is 12.6 Å². The third-order valence-electron chi connectivity index (χ3n) is 3.26.